The number of nitrogens with zero attached hydrogens (tertiary/aromatic N) is 2. The lowest BCUT2D eigenvalue weighted by Crippen LogP contribution is -2.33. The van der Waals surface area contributed by atoms with Crippen molar-refractivity contribution < 1.29 is 0 Å². The molecule has 0 bridgehead atoms. The Kier molecular flexibility index (Phi) is 6.54. The van der Waals surface area contributed by atoms with E-state index in [2.05, 4.69) is 37.2 Å². The lowest BCUT2D eigenvalue weighted by Gasteiger charge is -2.21. The minimum absolute atomic E-state index is 0.258. The van der Waals surface area contributed by atoms with E-state index in [1.807, 2.05) is 0 Å². The quantitative estimate of drug-likeness (QED) is 0.691. The van der Waals surface area contributed by atoms with Crippen LogP contribution < -0.4 is 5.32 Å². The van der Waals surface area contributed by atoms with Gasteiger partial charge in [0.2, 0.25) is 0 Å². The van der Waals surface area contributed by atoms with Crippen molar-refractivity contribution in [2.45, 2.75) is 58.0 Å². The molecule has 0 aromatic carbocycles. The van der Waals surface area contributed by atoms with E-state index in [4.69, 9.17) is 5.26 Å². The molecule has 17 heavy (non-hydrogen) atoms. The fraction of sp³-hybridized carbons (Fsp3) is 0.929. The van der Waals surface area contributed by atoms with Crippen LogP contribution in [0.4, 0.5) is 0 Å². The molecule has 3 heteroatoms. The zero-order valence-electron chi connectivity index (χ0n) is 11.6. The monoisotopic (exact) mass is 237 g/mol. The SMILES string of the molecule is CC(C)N(C)CCCCNC1CCCC1C#N. The summed E-state index contributed by atoms with van der Waals surface area (Å²) in [5, 5.41) is 12.5. The highest BCUT2D eigenvalue weighted by Crippen LogP contribution is 2.24. The third-order valence-electron chi connectivity index (χ3n) is 3.91. The van der Waals surface area contributed by atoms with Crippen molar-refractivity contribution in [2.75, 3.05) is 20.1 Å². The van der Waals surface area contributed by atoms with E-state index in [9.17, 15) is 0 Å². The van der Waals surface area contributed by atoms with Gasteiger partial charge in [0, 0.05) is 12.1 Å². The van der Waals surface area contributed by atoms with Crippen LogP contribution in [0.25, 0.3) is 0 Å². The van der Waals surface area contributed by atoms with Gasteiger partial charge < -0.3 is 10.2 Å². The maximum atomic E-state index is 8.98. The van der Waals surface area contributed by atoms with Gasteiger partial charge in [-0.25, -0.2) is 0 Å². The van der Waals surface area contributed by atoms with Gasteiger partial charge in [0.05, 0.1) is 12.0 Å². The van der Waals surface area contributed by atoms with Crippen molar-refractivity contribution in [2.24, 2.45) is 5.92 Å². The van der Waals surface area contributed by atoms with Crippen LogP contribution in [0.1, 0.15) is 46.0 Å². The molecule has 0 amide bonds. The Morgan fingerprint density at radius 3 is 2.76 bits per heavy atom. The lowest BCUT2D eigenvalue weighted by atomic mass is 10.1. The van der Waals surface area contributed by atoms with E-state index in [1.165, 1.54) is 32.2 Å². The van der Waals surface area contributed by atoms with Crippen LogP contribution in [0.2, 0.25) is 0 Å². The molecular formula is C14H27N3. The Hall–Kier alpha value is -0.590. The number of nitrogens with one attached hydrogen (secondary N) is 1. The van der Waals surface area contributed by atoms with E-state index in [-0.39, 0.29) is 5.92 Å². The van der Waals surface area contributed by atoms with Gasteiger partial charge in [0.25, 0.3) is 0 Å². The molecule has 2 unspecified atom stereocenters. The zero-order valence-corrected chi connectivity index (χ0v) is 11.6. The molecule has 3 nitrogen and oxygen atoms in total. The summed E-state index contributed by atoms with van der Waals surface area (Å²) in [5.74, 6) is 0.258. The third-order valence-corrected chi connectivity index (χ3v) is 3.91. The zero-order chi connectivity index (χ0) is 12.7. The molecule has 1 aliphatic carbocycles. The van der Waals surface area contributed by atoms with Crippen molar-refractivity contribution in [1.29, 1.82) is 5.26 Å². The minimum atomic E-state index is 0.258. The summed E-state index contributed by atoms with van der Waals surface area (Å²) in [6, 6.07) is 3.52. The fourth-order valence-electron chi connectivity index (χ4n) is 2.39. The maximum absolute atomic E-state index is 8.98. The van der Waals surface area contributed by atoms with Crippen molar-refractivity contribution in [1.82, 2.24) is 10.2 Å². The first-order chi connectivity index (χ1) is 8.15. The maximum Gasteiger partial charge on any atom is 0.0672 e. The first-order valence-corrected chi connectivity index (χ1v) is 6.98. The predicted octanol–water partition coefficient (Wildman–Crippen LogP) is 2.39. The second-order valence-corrected chi connectivity index (χ2v) is 5.51. The molecule has 1 N–H and O–H groups in total. The Labute approximate surface area is 106 Å². The van der Waals surface area contributed by atoms with Crippen LogP contribution >= 0.6 is 0 Å². The number of hydrogen-bond acceptors (Lipinski definition) is 3. The van der Waals surface area contributed by atoms with Crippen LogP contribution in [0.5, 0.6) is 0 Å². The summed E-state index contributed by atoms with van der Waals surface area (Å²) in [6.07, 6.45) is 5.94. The Bertz CT molecular complexity index is 244. The molecule has 98 valence electrons. The van der Waals surface area contributed by atoms with E-state index in [1.54, 1.807) is 0 Å². The van der Waals surface area contributed by atoms with Gasteiger partial charge >= 0.3 is 0 Å². The van der Waals surface area contributed by atoms with E-state index in [0.29, 0.717) is 12.1 Å². The Morgan fingerprint density at radius 1 is 1.35 bits per heavy atom. The molecule has 1 fully saturated rings. The standard InChI is InChI=1S/C14H27N3/c1-12(2)17(3)10-5-4-9-16-14-8-6-7-13(14)11-15/h12-14,16H,4-10H2,1-3H3. The topological polar surface area (TPSA) is 39.1 Å². The highest BCUT2D eigenvalue weighted by atomic mass is 15.1. The van der Waals surface area contributed by atoms with Gasteiger partial charge in [-0.1, -0.05) is 6.42 Å². The number of unbranched alkanes of at least 4 members (excludes halogenated alkanes) is 1. The highest BCUT2D eigenvalue weighted by Gasteiger charge is 2.25. The largest absolute Gasteiger partial charge is 0.313 e. The van der Waals surface area contributed by atoms with Crippen LogP contribution in [-0.2, 0) is 0 Å². The molecule has 1 saturated carbocycles. The summed E-state index contributed by atoms with van der Waals surface area (Å²) in [6.45, 7) is 6.70. The molecule has 1 aliphatic rings. The average Bonchev–Trinajstić information content (AvgIpc) is 2.75. The van der Waals surface area contributed by atoms with Crippen LogP contribution in [0.15, 0.2) is 0 Å². The third kappa shape index (κ3) is 5.06. The lowest BCUT2D eigenvalue weighted by molar-refractivity contribution is 0.267. The van der Waals surface area contributed by atoms with Gasteiger partial charge in [-0.05, 0) is 59.7 Å². The first kappa shape index (κ1) is 14.5. The number of hydrogen-bond donors (Lipinski definition) is 1. The summed E-state index contributed by atoms with van der Waals surface area (Å²) in [4.78, 5) is 2.38. The molecule has 0 spiro atoms. The second-order valence-electron chi connectivity index (χ2n) is 5.51. The highest BCUT2D eigenvalue weighted by molar-refractivity contribution is 4.96. The first-order valence-electron chi connectivity index (χ1n) is 6.98. The second kappa shape index (κ2) is 7.68. The van der Waals surface area contributed by atoms with E-state index >= 15 is 0 Å². The molecule has 0 saturated heterocycles. The van der Waals surface area contributed by atoms with Crippen LogP contribution in [0.3, 0.4) is 0 Å². The molecule has 0 aromatic rings. The molecular weight excluding hydrogens is 210 g/mol. The van der Waals surface area contributed by atoms with Gasteiger partial charge in [-0.3, -0.25) is 0 Å². The van der Waals surface area contributed by atoms with Gasteiger partial charge in [-0.2, -0.15) is 5.26 Å². The fourth-order valence-corrected chi connectivity index (χ4v) is 2.39. The summed E-state index contributed by atoms with van der Waals surface area (Å²) in [5.41, 5.74) is 0. The van der Waals surface area contributed by atoms with Gasteiger partial charge in [0.15, 0.2) is 0 Å². The molecule has 0 aromatic heterocycles. The minimum Gasteiger partial charge on any atom is -0.313 e. The van der Waals surface area contributed by atoms with Crippen LogP contribution in [0, 0.1) is 17.2 Å². The summed E-state index contributed by atoms with van der Waals surface area (Å²) in [7, 11) is 2.18. The summed E-state index contributed by atoms with van der Waals surface area (Å²) >= 11 is 0. The Morgan fingerprint density at radius 2 is 2.12 bits per heavy atom. The molecule has 1 rings (SSSR count). The van der Waals surface area contributed by atoms with Crippen molar-refractivity contribution >= 4 is 0 Å². The summed E-state index contributed by atoms with van der Waals surface area (Å²) < 4.78 is 0. The van der Waals surface area contributed by atoms with E-state index in [0.717, 1.165) is 13.0 Å². The van der Waals surface area contributed by atoms with Crippen molar-refractivity contribution in [3.8, 4) is 6.07 Å². The molecule has 0 heterocycles. The average molecular weight is 237 g/mol. The van der Waals surface area contributed by atoms with Crippen molar-refractivity contribution in [3.05, 3.63) is 0 Å². The molecule has 0 radical (unpaired) electrons. The smallest absolute Gasteiger partial charge is 0.0672 e. The Balaban J connectivity index is 2.03. The van der Waals surface area contributed by atoms with Crippen LogP contribution in [-0.4, -0.2) is 37.1 Å². The van der Waals surface area contributed by atoms with Crippen molar-refractivity contribution in [3.63, 3.8) is 0 Å². The number of nitriles is 1. The van der Waals surface area contributed by atoms with Gasteiger partial charge in [0.1, 0.15) is 0 Å². The predicted molar refractivity (Wildman–Crippen MR) is 71.7 cm³/mol. The normalized spacial score (nSPS) is 24.5. The number of rotatable bonds is 7. The molecule has 2 atom stereocenters. The van der Waals surface area contributed by atoms with E-state index < -0.39 is 0 Å². The van der Waals surface area contributed by atoms with Gasteiger partial charge in [-0.15, -0.1) is 0 Å². The molecule has 0 aliphatic heterocycles.